The lowest BCUT2D eigenvalue weighted by Crippen LogP contribution is -2.59. The van der Waals surface area contributed by atoms with Crippen molar-refractivity contribution >= 4 is 35.3 Å². The summed E-state index contributed by atoms with van der Waals surface area (Å²) in [6.07, 6.45) is 1.50. The van der Waals surface area contributed by atoms with Gasteiger partial charge < -0.3 is 15.5 Å². The van der Waals surface area contributed by atoms with Crippen molar-refractivity contribution in [3.8, 4) is 0 Å². The van der Waals surface area contributed by atoms with Gasteiger partial charge >= 0.3 is 6.03 Å². The number of hydrogen-bond acceptors (Lipinski definition) is 3. The molecule has 1 saturated heterocycles. The van der Waals surface area contributed by atoms with Crippen molar-refractivity contribution in [1.29, 1.82) is 0 Å². The zero-order chi connectivity index (χ0) is 16.7. The number of benzene rings is 1. The molecule has 2 N–H and O–H groups in total. The summed E-state index contributed by atoms with van der Waals surface area (Å²) >= 11 is 7.58. The summed E-state index contributed by atoms with van der Waals surface area (Å²) in [4.78, 5) is 26.7. The van der Waals surface area contributed by atoms with Crippen molar-refractivity contribution in [1.82, 2.24) is 15.5 Å². The number of carbonyl (C=O) groups is 2. The van der Waals surface area contributed by atoms with E-state index < -0.39 is 0 Å². The molecule has 1 aromatic rings. The number of nitrogens with zero attached hydrogens (tertiary/aromatic N) is 1. The van der Waals surface area contributed by atoms with Crippen molar-refractivity contribution in [2.45, 2.75) is 30.7 Å². The molecule has 2 rings (SSSR count). The maximum atomic E-state index is 12.2. The number of thioether (sulfide) groups is 1. The van der Waals surface area contributed by atoms with Crippen LogP contribution in [0.25, 0.3) is 0 Å². The minimum atomic E-state index is -0.354. The van der Waals surface area contributed by atoms with Crippen LogP contribution in [0, 0.1) is 0 Å². The van der Waals surface area contributed by atoms with Crippen LogP contribution < -0.4 is 10.6 Å². The zero-order valence-electron chi connectivity index (χ0n) is 13.2. The Morgan fingerprint density at radius 2 is 2.17 bits per heavy atom. The third-order valence-corrected chi connectivity index (χ3v) is 5.01. The van der Waals surface area contributed by atoms with Crippen LogP contribution in [0.15, 0.2) is 29.2 Å². The molecule has 23 heavy (non-hydrogen) atoms. The topological polar surface area (TPSA) is 61.4 Å². The van der Waals surface area contributed by atoms with Gasteiger partial charge in [0.15, 0.2) is 0 Å². The number of urea groups is 1. The summed E-state index contributed by atoms with van der Waals surface area (Å²) in [6, 6.07) is 7.22. The molecule has 0 saturated carbocycles. The molecule has 3 amide bonds. The first kappa shape index (κ1) is 17.9. The average Bonchev–Trinajstić information content (AvgIpc) is 2.55. The van der Waals surface area contributed by atoms with Gasteiger partial charge in [-0.1, -0.05) is 18.5 Å². The summed E-state index contributed by atoms with van der Waals surface area (Å²) in [5, 5.41) is 6.43. The van der Waals surface area contributed by atoms with Crippen molar-refractivity contribution < 1.29 is 9.59 Å². The van der Waals surface area contributed by atoms with Gasteiger partial charge in [0, 0.05) is 29.6 Å². The molecule has 0 spiro atoms. The van der Waals surface area contributed by atoms with Gasteiger partial charge in [0.2, 0.25) is 5.91 Å². The number of rotatable bonds is 6. The molecule has 1 aromatic carbocycles. The molecule has 1 heterocycles. The minimum Gasteiger partial charge on any atom is -0.353 e. The summed E-state index contributed by atoms with van der Waals surface area (Å²) in [7, 11) is 0. The van der Waals surface area contributed by atoms with Crippen LogP contribution in [0.5, 0.6) is 0 Å². The lowest BCUT2D eigenvalue weighted by atomic mass is 10.1. The third-order valence-electron chi connectivity index (χ3n) is 3.66. The maximum absolute atomic E-state index is 12.2. The molecule has 1 unspecified atom stereocenters. The van der Waals surface area contributed by atoms with E-state index >= 15 is 0 Å². The monoisotopic (exact) mass is 355 g/mol. The van der Waals surface area contributed by atoms with Gasteiger partial charge in [0.25, 0.3) is 0 Å². The van der Waals surface area contributed by atoms with Gasteiger partial charge in [-0.3, -0.25) is 4.79 Å². The van der Waals surface area contributed by atoms with E-state index in [0.29, 0.717) is 26.1 Å². The van der Waals surface area contributed by atoms with Crippen LogP contribution in [0.1, 0.15) is 19.8 Å². The van der Waals surface area contributed by atoms with E-state index in [9.17, 15) is 9.59 Å². The van der Waals surface area contributed by atoms with Gasteiger partial charge in [-0.2, -0.15) is 0 Å². The zero-order valence-corrected chi connectivity index (χ0v) is 14.8. The first-order valence-corrected chi connectivity index (χ1v) is 9.18. The Morgan fingerprint density at radius 3 is 2.87 bits per heavy atom. The van der Waals surface area contributed by atoms with Gasteiger partial charge in [-0.05, 0) is 42.9 Å². The molecular formula is C16H22ClN3O2S. The number of piperazine rings is 1. The van der Waals surface area contributed by atoms with Crippen LogP contribution in [-0.2, 0) is 4.79 Å². The lowest BCUT2D eigenvalue weighted by molar-refractivity contribution is -0.127. The normalized spacial score (nSPS) is 17.7. The molecule has 0 bridgehead atoms. The summed E-state index contributed by atoms with van der Waals surface area (Å²) < 4.78 is 0. The predicted octanol–water partition coefficient (Wildman–Crippen LogP) is 2.74. The molecule has 1 fully saturated rings. The number of hydrogen-bond donors (Lipinski definition) is 2. The second-order valence-electron chi connectivity index (χ2n) is 5.30. The van der Waals surface area contributed by atoms with Crippen molar-refractivity contribution in [2.24, 2.45) is 0 Å². The van der Waals surface area contributed by atoms with Crippen LogP contribution in [0.3, 0.4) is 0 Å². The Bertz CT molecular complexity index is 539. The second-order valence-corrected chi connectivity index (χ2v) is 6.90. The number of carbonyl (C=O) groups excluding carboxylic acids is 2. The van der Waals surface area contributed by atoms with Crippen molar-refractivity contribution in [2.75, 3.05) is 25.4 Å². The van der Waals surface area contributed by atoms with Crippen LogP contribution >= 0.6 is 23.4 Å². The summed E-state index contributed by atoms with van der Waals surface area (Å²) in [6.45, 7) is 3.61. The van der Waals surface area contributed by atoms with E-state index in [1.165, 1.54) is 4.90 Å². The first-order chi connectivity index (χ1) is 11.1. The number of nitrogens with one attached hydrogen (secondary N) is 2. The Morgan fingerprint density at radius 1 is 1.43 bits per heavy atom. The molecule has 126 valence electrons. The van der Waals surface area contributed by atoms with E-state index in [0.717, 1.165) is 17.2 Å². The fourth-order valence-electron chi connectivity index (χ4n) is 2.45. The highest BCUT2D eigenvalue weighted by Gasteiger charge is 2.31. The maximum Gasteiger partial charge on any atom is 0.318 e. The SMILES string of the molecule is CCC1C(=O)NCCN1C(=O)NCCCSc1ccc(Cl)cc1. The van der Waals surface area contributed by atoms with E-state index in [4.69, 9.17) is 11.6 Å². The largest absolute Gasteiger partial charge is 0.353 e. The predicted molar refractivity (Wildman–Crippen MR) is 94.0 cm³/mol. The first-order valence-electron chi connectivity index (χ1n) is 7.82. The second kappa shape index (κ2) is 9.03. The van der Waals surface area contributed by atoms with E-state index in [-0.39, 0.29) is 18.0 Å². The molecule has 1 aliphatic heterocycles. The van der Waals surface area contributed by atoms with E-state index in [1.54, 1.807) is 16.7 Å². The van der Waals surface area contributed by atoms with E-state index in [2.05, 4.69) is 10.6 Å². The third kappa shape index (κ3) is 5.32. The number of amides is 3. The summed E-state index contributed by atoms with van der Waals surface area (Å²) in [5.41, 5.74) is 0. The minimum absolute atomic E-state index is 0.0628. The van der Waals surface area contributed by atoms with Crippen molar-refractivity contribution in [3.63, 3.8) is 0 Å². The smallest absolute Gasteiger partial charge is 0.318 e. The highest BCUT2D eigenvalue weighted by atomic mass is 35.5. The van der Waals surface area contributed by atoms with Crippen molar-refractivity contribution in [3.05, 3.63) is 29.3 Å². The highest BCUT2D eigenvalue weighted by molar-refractivity contribution is 7.99. The molecule has 0 aromatic heterocycles. The molecular weight excluding hydrogens is 334 g/mol. The molecule has 5 nitrogen and oxygen atoms in total. The number of halogens is 1. The van der Waals surface area contributed by atoms with Gasteiger partial charge in [-0.15, -0.1) is 11.8 Å². The van der Waals surface area contributed by atoms with E-state index in [1.807, 2.05) is 31.2 Å². The van der Waals surface area contributed by atoms with Gasteiger partial charge in [-0.25, -0.2) is 4.79 Å². The van der Waals surface area contributed by atoms with Crippen LogP contribution in [-0.4, -0.2) is 48.3 Å². The van der Waals surface area contributed by atoms with Crippen LogP contribution in [0.2, 0.25) is 5.02 Å². The Kier molecular flexibility index (Phi) is 7.05. The quantitative estimate of drug-likeness (QED) is 0.609. The van der Waals surface area contributed by atoms with Crippen LogP contribution in [0.4, 0.5) is 4.79 Å². The lowest BCUT2D eigenvalue weighted by Gasteiger charge is -2.34. The molecule has 1 aliphatic rings. The molecule has 7 heteroatoms. The highest BCUT2D eigenvalue weighted by Crippen LogP contribution is 2.20. The summed E-state index contributed by atoms with van der Waals surface area (Å²) in [5.74, 6) is 0.853. The fourth-order valence-corrected chi connectivity index (χ4v) is 3.43. The van der Waals surface area contributed by atoms with Gasteiger partial charge in [0.1, 0.15) is 6.04 Å². The average molecular weight is 356 g/mol. The fraction of sp³-hybridized carbons (Fsp3) is 0.500. The van der Waals surface area contributed by atoms with Gasteiger partial charge in [0.05, 0.1) is 0 Å². The Hall–Kier alpha value is -1.40. The Balaban J connectivity index is 1.68. The molecule has 1 atom stereocenters. The standard InChI is InChI=1S/C16H22ClN3O2S/c1-2-14-15(21)18-9-10-20(14)16(22)19-8-3-11-23-13-6-4-12(17)5-7-13/h4-7,14H,2-3,8-11H2,1H3,(H,18,21)(H,19,22). The molecule has 0 aliphatic carbocycles. The molecule has 0 radical (unpaired) electrons. The Labute approximate surface area is 146 Å².